The van der Waals surface area contributed by atoms with Crippen LogP contribution in [0.1, 0.15) is 55.4 Å². The SMILES string of the molecule is CO[C@H]1[C@H](O[Si](C)(C)C(C)(C)C)[C@@H](OC(C)=O)C(O[C@H]2[C@H](N(C)C)[C@H]3OC(C)(C)O[C@@H]3O[C@@H]2C)O[C@@H]1C. The molecule has 1 unspecified atom stereocenters. The minimum absolute atomic E-state index is 0.0622. The summed E-state index contributed by atoms with van der Waals surface area (Å²) in [5, 5.41) is -0.0622. The number of carbonyl (C=O) groups excluding carboxylic acids is 1. The van der Waals surface area contributed by atoms with Gasteiger partial charge in [-0.1, -0.05) is 20.8 Å². The number of likely N-dealkylation sites (N-methyl/N-ethyl adjacent to an activating group) is 1. The first-order chi connectivity index (χ1) is 16.9. The zero-order chi connectivity index (χ0) is 28.1. The zero-order valence-corrected chi connectivity index (χ0v) is 25.9. The lowest BCUT2D eigenvalue weighted by Gasteiger charge is -2.51. The lowest BCUT2D eigenvalue weighted by molar-refractivity contribution is -0.333. The van der Waals surface area contributed by atoms with Crippen molar-refractivity contribution in [3.05, 3.63) is 0 Å². The highest BCUT2D eigenvalue weighted by Gasteiger charge is 2.58. The van der Waals surface area contributed by atoms with Crippen LogP contribution in [-0.2, 0) is 42.4 Å². The van der Waals surface area contributed by atoms with Gasteiger partial charge >= 0.3 is 5.97 Å². The van der Waals surface area contributed by atoms with Crippen LogP contribution in [0.25, 0.3) is 0 Å². The van der Waals surface area contributed by atoms with Gasteiger partial charge in [0, 0.05) is 14.0 Å². The molecule has 37 heavy (non-hydrogen) atoms. The molecule has 3 rings (SSSR count). The fraction of sp³-hybridized carbons (Fsp3) is 0.962. The Morgan fingerprint density at radius 3 is 2.05 bits per heavy atom. The predicted octanol–water partition coefficient (Wildman–Crippen LogP) is 3.28. The standard InChI is InChI=1S/C26H49NO9Si/c1-14-18(17(27(9)10)20-24(31-14)35-26(7,8)34-20)33-23-22(32-16(3)28)21(19(29-11)15(2)30-23)36-37(12,13)25(4,5)6/h14-15,17-24H,1-13H3/t14-,15-,17+,18-,19-,20-,21+,22-,23?,24+/m1/s1. The molecule has 11 heteroatoms. The quantitative estimate of drug-likeness (QED) is 0.349. The van der Waals surface area contributed by atoms with E-state index >= 15 is 0 Å². The van der Waals surface area contributed by atoms with Gasteiger partial charge in [-0.15, -0.1) is 0 Å². The van der Waals surface area contributed by atoms with Crippen LogP contribution in [0.3, 0.4) is 0 Å². The molecule has 216 valence electrons. The molecule has 10 atom stereocenters. The van der Waals surface area contributed by atoms with Gasteiger partial charge in [0.05, 0.1) is 18.2 Å². The number of fused-ring (bicyclic) bond motifs is 1. The molecular formula is C26H49NO9Si. The van der Waals surface area contributed by atoms with Gasteiger partial charge in [-0.25, -0.2) is 0 Å². The van der Waals surface area contributed by atoms with E-state index in [1.165, 1.54) is 6.92 Å². The van der Waals surface area contributed by atoms with E-state index in [4.69, 9.17) is 37.6 Å². The maximum absolute atomic E-state index is 12.3. The molecule has 3 heterocycles. The van der Waals surface area contributed by atoms with Crippen molar-refractivity contribution in [2.45, 2.75) is 141 Å². The molecule has 0 aromatic carbocycles. The first-order valence-electron chi connectivity index (χ1n) is 13.2. The van der Waals surface area contributed by atoms with Crippen LogP contribution in [0.15, 0.2) is 0 Å². The van der Waals surface area contributed by atoms with Gasteiger partial charge in [0.1, 0.15) is 24.4 Å². The molecule has 0 aromatic rings. The Bertz CT molecular complexity index is 801. The van der Waals surface area contributed by atoms with Crippen LogP contribution in [0.4, 0.5) is 0 Å². The van der Waals surface area contributed by atoms with Crippen LogP contribution in [0, 0.1) is 0 Å². The molecule has 0 amide bonds. The molecule has 0 aromatic heterocycles. The van der Waals surface area contributed by atoms with Crippen LogP contribution < -0.4 is 0 Å². The summed E-state index contributed by atoms with van der Waals surface area (Å²) in [6.45, 7) is 19.8. The molecule has 3 aliphatic heterocycles. The highest BCUT2D eigenvalue weighted by atomic mass is 28.4. The Kier molecular flexibility index (Phi) is 9.26. The van der Waals surface area contributed by atoms with Gasteiger partial charge in [0.15, 0.2) is 32.8 Å². The number of rotatable bonds is 7. The highest BCUT2D eigenvalue weighted by Crippen LogP contribution is 2.42. The summed E-state index contributed by atoms with van der Waals surface area (Å²) in [5.41, 5.74) is 0. The summed E-state index contributed by atoms with van der Waals surface area (Å²) in [7, 11) is 3.29. The van der Waals surface area contributed by atoms with Crippen LogP contribution >= 0.6 is 0 Å². The number of nitrogens with zero attached hydrogens (tertiary/aromatic N) is 1. The van der Waals surface area contributed by atoms with E-state index in [0.717, 1.165) is 0 Å². The molecule has 3 aliphatic rings. The van der Waals surface area contributed by atoms with Gasteiger partial charge in [0.25, 0.3) is 0 Å². The fourth-order valence-corrected chi connectivity index (χ4v) is 6.46. The molecule has 3 fully saturated rings. The van der Waals surface area contributed by atoms with E-state index < -0.39 is 57.1 Å². The molecule has 0 bridgehead atoms. The third-order valence-electron chi connectivity index (χ3n) is 8.00. The molecule has 3 saturated heterocycles. The fourth-order valence-electron chi connectivity index (χ4n) is 5.16. The molecule has 0 saturated carbocycles. The Hall–Kier alpha value is -0.633. The molecular weight excluding hydrogens is 498 g/mol. The van der Waals surface area contributed by atoms with E-state index in [2.05, 4.69) is 38.8 Å². The number of hydrogen-bond donors (Lipinski definition) is 0. The van der Waals surface area contributed by atoms with Crippen LogP contribution in [0.5, 0.6) is 0 Å². The Morgan fingerprint density at radius 1 is 0.946 bits per heavy atom. The minimum Gasteiger partial charge on any atom is -0.454 e. The van der Waals surface area contributed by atoms with E-state index in [1.807, 2.05) is 41.8 Å². The monoisotopic (exact) mass is 547 g/mol. The average molecular weight is 548 g/mol. The van der Waals surface area contributed by atoms with Gasteiger partial charge in [-0.3, -0.25) is 4.79 Å². The molecule has 0 spiro atoms. The van der Waals surface area contributed by atoms with Crippen molar-refractivity contribution >= 4 is 14.3 Å². The summed E-state index contributed by atoms with van der Waals surface area (Å²) >= 11 is 0. The normalized spacial score (nSPS) is 40.5. The third-order valence-corrected chi connectivity index (χ3v) is 12.5. The summed E-state index contributed by atoms with van der Waals surface area (Å²) in [6, 6.07) is -0.202. The van der Waals surface area contributed by atoms with Crippen molar-refractivity contribution in [3.63, 3.8) is 0 Å². The highest BCUT2D eigenvalue weighted by molar-refractivity contribution is 6.74. The van der Waals surface area contributed by atoms with Gasteiger partial charge < -0.3 is 42.5 Å². The number of esters is 1. The van der Waals surface area contributed by atoms with Crippen molar-refractivity contribution in [3.8, 4) is 0 Å². The first-order valence-corrected chi connectivity index (χ1v) is 16.2. The molecule has 0 N–H and O–H groups in total. The lowest BCUT2D eigenvalue weighted by atomic mass is 9.94. The summed E-state index contributed by atoms with van der Waals surface area (Å²) < 4.78 is 50.0. The summed E-state index contributed by atoms with van der Waals surface area (Å²) in [6.07, 6.45) is -4.81. The smallest absolute Gasteiger partial charge is 0.303 e. The molecule has 0 radical (unpaired) electrons. The van der Waals surface area contributed by atoms with Crippen molar-refractivity contribution in [2.24, 2.45) is 0 Å². The van der Waals surface area contributed by atoms with Crippen molar-refractivity contribution in [1.82, 2.24) is 4.90 Å². The summed E-state index contributed by atoms with van der Waals surface area (Å²) in [5.74, 6) is -1.22. The Labute approximate surface area is 223 Å². The van der Waals surface area contributed by atoms with Gasteiger partial charge in [-0.05, 0) is 59.9 Å². The first kappa shape index (κ1) is 30.9. The van der Waals surface area contributed by atoms with Gasteiger partial charge in [-0.2, -0.15) is 0 Å². The number of hydrogen-bond acceptors (Lipinski definition) is 10. The second-order valence-corrected chi connectivity index (χ2v) is 17.4. The van der Waals surface area contributed by atoms with Crippen LogP contribution in [-0.4, -0.2) is 108 Å². The molecule has 10 nitrogen and oxygen atoms in total. The maximum Gasteiger partial charge on any atom is 0.303 e. The van der Waals surface area contributed by atoms with E-state index in [-0.39, 0.29) is 29.4 Å². The minimum atomic E-state index is -2.29. The van der Waals surface area contributed by atoms with Crippen molar-refractivity contribution in [2.75, 3.05) is 21.2 Å². The topological polar surface area (TPSA) is 94.2 Å². The second kappa shape index (κ2) is 11.1. The molecule has 0 aliphatic carbocycles. The predicted molar refractivity (Wildman–Crippen MR) is 139 cm³/mol. The average Bonchev–Trinajstić information content (AvgIpc) is 3.02. The second-order valence-electron chi connectivity index (χ2n) is 12.7. The van der Waals surface area contributed by atoms with E-state index in [9.17, 15) is 4.79 Å². The van der Waals surface area contributed by atoms with E-state index in [0.29, 0.717) is 0 Å². The maximum atomic E-state index is 12.3. The summed E-state index contributed by atoms with van der Waals surface area (Å²) in [4.78, 5) is 14.4. The number of methoxy groups -OCH3 is 1. The Balaban J connectivity index is 1.95. The number of carbonyl (C=O) groups is 1. The third kappa shape index (κ3) is 6.58. The lowest BCUT2D eigenvalue weighted by Crippen LogP contribution is -2.67. The van der Waals surface area contributed by atoms with Crippen molar-refractivity contribution < 1.29 is 42.4 Å². The van der Waals surface area contributed by atoms with E-state index in [1.54, 1.807) is 7.11 Å². The Morgan fingerprint density at radius 2 is 1.54 bits per heavy atom. The van der Waals surface area contributed by atoms with Crippen molar-refractivity contribution in [1.29, 1.82) is 0 Å². The van der Waals surface area contributed by atoms with Gasteiger partial charge in [0.2, 0.25) is 0 Å². The zero-order valence-electron chi connectivity index (χ0n) is 24.9. The largest absolute Gasteiger partial charge is 0.454 e. The van der Waals surface area contributed by atoms with Crippen LogP contribution in [0.2, 0.25) is 18.1 Å². The number of ether oxygens (including phenoxy) is 7.